The third-order valence-electron chi connectivity index (χ3n) is 4.49. The molecule has 1 aromatic carbocycles. The first kappa shape index (κ1) is 22.2. The average molecular weight is 362 g/mol. The topological polar surface area (TPSA) is 55.4 Å². The molecule has 4 heteroatoms. The van der Waals surface area contributed by atoms with Crippen LogP contribution in [0.15, 0.2) is 18.2 Å². The molecular formula is C22H35NO3. The second kappa shape index (κ2) is 11.0. The van der Waals surface area contributed by atoms with Crippen LogP contribution in [0.4, 0.5) is 5.69 Å². The molecule has 1 N–H and O–H groups in total. The third-order valence-corrected chi connectivity index (χ3v) is 4.49. The van der Waals surface area contributed by atoms with E-state index in [-0.39, 0.29) is 30.3 Å². The van der Waals surface area contributed by atoms with Gasteiger partial charge in [-0.1, -0.05) is 65.7 Å². The summed E-state index contributed by atoms with van der Waals surface area (Å²) in [4.78, 5) is 24.4. The highest BCUT2D eigenvalue weighted by molar-refractivity contribution is 6.02. The Hall–Kier alpha value is -1.84. The molecule has 0 heterocycles. The number of benzene rings is 1. The summed E-state index contributed by atoms with van der Waals surface area (Å²) in [6.45, 7) is 12.4. The van der Waals surface area contributed by atoms with Crippen LogP contribution in [0.5, 0.6) is 0 Å². The lowest BCUT2D eigenvalue weighted by Crippen LogP contribution is -2.23. The number of ether oxygens (including phenoxy) is 1. The molecule has 146 valence electrons. The van der Waals surface area contributed by atoms with Crippen LogP contribution in [0.25, 0.3) is 0 Å². The minimum atomic E-state index is -0.459. The molecular weight excluding hydrogens is 326 g/mol. The monoisotopic (exact) mass is 361 g/mol. The summed E-state index contributed by atoms with van der Waals surface area (Å²) in [5.74, 6) is -0.200. The fourth-order valence-corrected chi connectivity index (χ4v) is 3.02. The van der Waals surface area contributed by atoms with Crippen LogP contribution in [0.1, 0.15) is 96.6 Å². The number of para-hydroxylation sites is 1. The Morgan fingerprint density at radius 2 is 1.58 bits per heavy atom. The number of hydrogen-bond acceptors (Lipinski definition) is 3. The van der Waals surface area contributed by atoms with Gasteiger partial charge in [-0.15, -0.1) is 0 Å². The summed E-state index contributed by atoms with van der Waals surface area (Å²) in [7, 11) is 0. The van der Waals surface area contributed by atoms with E-state index < -0.39 is 5.97 Å². The molecule has 0 bridgehead atoms. The minimum Gasteiger partial charge on any atom is -0.462 e. The fourth-order valence-electron chi connectivity index (χ4n) is 3.02. The zero-order chi connectivity index (χ0) is 19.7. The summed E-state index contributed by atoms with van der Waals surface area (Å²) < 4.78 is 5.36. The summed E-state index contributed by atoms with van der Waals surface area (Å²) >= 11 is 0. The highest BCUT2D eigenvalue weighted by Crippen LogP contribution is 2.32. The normalized spacial score (nSPS) is 12.3. The molecule has 0 saturated heterocycles. The van der Waals surface area contributed by atoms with E-state index in [1.165, 1.54) is 0 Å². The molecule has 0 aliphatic heterocycles. The van der Waals surface area contributed by atoms with Crippen molar-refractivity contribution in [1.29, 1.82) is 0 Å². The van der Waals surface area contributed by atoms with Gasteiger partial charge in [0.1, 0.15) is 6.42 Å². The van der Waals surface area contributed by atoms with E-state index in [0.29, 0.717) is 0 Å². The SMILES string of the molecule is CCCCCC(C)OC(=O)CC(=O)Nc1c(C(C)C)cccc1C(C)C. The Balaban J connectivity index is 2.71. The summed E-state index contributed by atoms with van der Waals surface area (Å²) in [6, 6.07) is 6.08. The van der Waals surface area contributed by atoms with Crippen molar-refractivity contribution in [1.82, 2.24) is 0 Å². The van der Waals surface area contributed by atoms with Gasteiger partial charge in [-0.25, -0.2) is 0 Å². The van der Waals surface area contributed by atoms with Gasteiger partial charge in [-0.2, -0.15) is 0 Å². The number of hydrogen-bond donors (Lipinski definition) is 1. The summed E-state index contributed by atoms with van der Waals surface area (Å²) in [5.41, 5.74) is 3.02. The van der Waals surface area contributed by atoms with Gasteiger partial charge in [0.2, 0.25) is 5.91 Å². The molecule has 1 rings (SSSR count). The van der Waals surface area contributed by atoms with Crippen LogP contribution in [0, 0.1) is 0 Å². The molecule has 0 aromatic heterocycles. The smallest absolute Gasteiger partial charge is 0.315 e. The van der Waals surface area contributed by atoms with Crippen molar-refractivity contribution in [3.63, 3.8) is 0 Å². The number of anilines is 1. The van der Waals surface area contributed by atoms with Crippen molar-refractivity contribution in [3.05, 3.63) is 29.3 Å². The van der Waals surface area contributed by atoms with Gasteiger partial charge in [0.25, 0.3) is 0 Å². The number of carbonyl (C=O) groups excluding carboxylic acids is 2. The van der Waals surface area contributed by atoms with E-state index >= 15 is 0 Å². The van der Waals surface area contributed by atoms with Gasteiger partial charge < -0.3 is 10.1 Å². The van der Waals surface area contributed by atoms with Gasteiger partial charge in [0.05, 0.1) is 6.10 Å². The molecule has 1 aromatic rings. The Morgan fingerprint density at radius 1 is 1.00 bits per heavy atom. The Bertz CT molecular complexity index is 567. The Kier molecular flexibility index (Phi) is 9.39. The van der Waals surface area contributed by atoms with Gasteiger partial charge >= 0.3 is 5.97 Å². The highest BCUT2D eigenvalue weighted by Gasteiger charge is 2.19. The second-order valence-electron chi connectivity index (χ2n) is 7.64. The predicted molar refractivity (Wildman–Crippen MR) is 108 cm³/mol. The van der Waals surface area contributed by atoms with Crippen molar-refractivity contribution < 1.29 is 14.3 Å². The number of unbranched alkanes of at least 4 members (excludes halogenated alkanes) is 2. The zero-order valence-corrected chi connectivity index (χ0v) is 17.2. The highest BCUT2D eigenvalue weighted by atomic mass is 16.5. The number of esters is 1. The van der Waals surface area contributed by atoms with E-state index in [1.807, 2.05) is 25.1 Å². The maximum atomic E-state index is 12.4. The fraction of sp³-hybridized carbons (Fsp3) is 0.636. The van der Waals surface area contributed by atoms with Gasteiger partial charge in [-0.3, -0.25) is 9.59 Å². The maximum absolute atomic E-state index is 12.4. The van der Waals surface area contributed by atoms with Gasteiger partial charge in [-0.05, 0) is 42.7 Å². The van der Waals surface area contributed by atoms with Crippen molar-refractivity contribution in [2.45, 2.75) is 91.6 Å². The van der Waals surface area contributed by atoms with Gasteiger partial charge in [0, 0.05) is 5.69 Å². The molecule has 1 atom stereocenters. The number of carbonyl (C=O) groups is 2. The first-order valence-corrected chi connectivity index (χ1v) is 9.88. The molecule has 0 radical (unpaired) electrons. The van der Waals surface area contributed by atoms with Crippen LogP contribution in [0.2, 0.25) is 0 Å². The molecule has 0 aliphatic rings. The van der Waals surface area contributed by atoms with Crippen LogP contribution < -0.4 is 5.32 Å². The molecule has 4 nitrogen and oxygen atoms in total. The third kappa shape index (κ3) is 7.19. The van der Waals surface area contributed by atoms with Crippen molar-refractivity contribution >= 4 is 17.6 Å². The Labute approximate surface area is 158 Å². The number of amides is 1. The molecule has 0 fully saturated rings. The summed E-state index contributed by atoms with van der Waals surface area (Å²) in [5, 5.41) is 2.96. The second-order valence-corrected chi connectivity index (χ2v) is 7.64. The van der Waals surface area contributed by atoms with E-state index in [4.69, 9.17) is 4.74 Å². The van der Waals surface area contributed by atoms with E-state index in [0.717, 1.165) is 42.5 Å². The molecule has 1 amide bonds. The lowest BCUT2D eigenvalue weighted by Gasteiger charge is -2.20. The van der Waals surface area contributed by atoms with Crippen LogP contribution in [-0.2, 0) is 14.3 Å². The molecule has 0 aliphatic carbocycles. The first-order valence-electron chi connectivity index (χ1n) is 9.88. The lowest BCUT2D eigenvalue weighted by atomic mass is 9.92. The van der Waals surface area contributed by atoms with E-state index in [9.17, 15) is 9.59 Å². The predicted octanol–water partition coefficient (Wildman–Crippen LogP) is 5.77. The molecule has 0 spiro atoms. The molecule has 1 unspecified atom stereocenters. The van der Waals surface area contributed by atoms with Crippen LogP contribution >= 0.6 is 0 Å². The maximum Gasteiger partial charge on any atom is 0.315 e. The minimum absolute atomic E-state index is 0.143. The zero-order valence-electron chi connectivity index (χ0n) is 17.2. The van der Waals surface area contributed by atoms with Crippen molar-refractivity contribution in [3.8, 4) is 0 Å². The van der Waals surface area contributed by atoms with E-state index in [1.54, 1.807) is 0 Å². The van der Waals surface area contributed by atoms with Gasteiger partial charge in [0.15, 0.2) is 0 Å². The number of rotatable bonds is 10. The van der Waals surface area contributed by atoms with Crippen molar-refractivity contribution in [2.24, 2.45) is 0 Å². The number of nitrogens with one attached hydrogen (secondary N) is 1. The molecule has 0 saturated carbocycles. The van der Waals surface area contributed by atoms with Crippen LogP contribution in [0.3, 0.4) is 0 Å². The molecule has 26 heavy (non-hydrogen) atoms. The first-order chi connectivity index (χ1) is 12.3. The standard InChI is InChI=1S/C22H35NO3/c1-7-8-9-11-17(6)26-21(25)14-20(24)23-22-18(15(2)3)12-10-13-19(22)16(4)5/h10,12-13,15-17H,7-9,11,14H2,1-6H3,(H,23,24). The van der Waals surface area contributed by atoms with Crippen molar-refractivity contribution in [2.75, 3.05) is 5.32 Å². The van der Waals surface area contributed by atoms with E-state index in [2.05, 4.69) is 39.9 Å². The quantitative estimate of drug-likeness (QED) is 0.327. The lowest BCUT2D eigenvalue weighted by molar-refractivity contribution is -0.150. The van der Waals surface area contributed by atoms with Crippen LogP contribution in [-0.4, -0.2) is 18.0 Å². The summed E-state index contributed by atoms with van der Waals surface area (Å²) in [6.07, 6.45) is 3.76. The Morgan fingerprint density at radius 3 is 2.08 bits per heavy atom. The largest absolute Gasteiger partial charge is 0.462 e. The average Bonchev–Trinajstić information content (AvgIpc) is 2.54.